The molecule has 0 fully saturated rings. The summed E-state index contributed by atoms with van der Waals surface area (Å²) in [5.74, 6) is 2.64. The van der Waals surface area contributed by atoms with Crippen molar-refractivity contribution in [1.82, 2.24) is 0 Å². The van der Waals surface area contributed by atoms with E-state index in [9.17, 15) is 9.90 Å². The summed E-state index contributed by atoms with van der Waals surface area (Å²) in [6, 6.07) is 20.9. The van der Waals surface area contributed by atoms with Crippen molar-refractivity contribution in [2.75, 3.05) is 18.1 Å². The largest absolute Gasteiger partial charge is 0.493 e. The van der Waals surface area contributed by atoms with Gasteiger partial charge in [0.15, 0.2) is 11.5 Å². The molecule has 3 atom stereocenters. The third-order valence-electron chi connectivity index (χ3n) is 10.9. The van der Waals surface area contributed by atoms with E-state index in [0.717, 1.165) is 89.9 Å². The van der Waals surface area contributed by atoms with E-state index in [1.807, 2.05) is 45.9 Å². The minimum atomic E-state index is -0.908. The van der Waals surface area contributed by atoms with Crippen molar-refractivity contribution >= 4 is 23.4 Å². The van der Waals surface area contributed by atoms with E-state index in [-0.39, 0.29) is 6.10 Å². The summed E-state index contributed by atoms with van der Waals surface area (Å²) < 4.78 is 19.3. The number of hydrogen-bond acceptors (Lipinski definition) is 5. The van der Waals surface area contributed by atoms with E-state index in [1.54, 1.807) is 6.08 Å². The molecule has 0 saturated heterocycles. The number of ether oxygens (including phenoxy) is 3. The van der Waals surface area contributed by atoms with Gasteiger partial charge in [-0.3, -0.25) is 0 Å². The lowest BCUT2D eigenvalue weighted by Gasteiger charge is -2.34. The molecule has 0 radical (unpaired) electrons. The fourth-order valence-corrected chi connectivity index (χ4v) is 7.25. The molecule has 0 bridgehead atoms. The van der Waals surface area contributed by atoms with Gasteiger partial charge in [-0.25, -0.2) is 4.79 Å². The van der Waals surface area contributed by atoms with Crippen molar-refractivity contribution < 1.29 is 24.1 Å². The van der Waals surface area contributed by atoms with Crippen molar-refractivity contribution in [3.05, 3.63) is 120 Å². The van der Waals surface area contributed by atoms with Gasteiger partial charge in [-0.2, -0.15) is 0 Å². The molecule has 0 amide bonds. The predicted molar refractivity (Wildman–Crippen MR) is 256 cm³/mol. The zero-order chi connectivity index (χ0) is 43.7. The lowest BCUT2D eigenvalue weighted by molar-refractivity contribution is -0.132. The van der Waals surface area contributed by atoms with Crippen LogP contribution >= 0.6 is 0 Å². The lowest BCUT2D eigenvalue weighted by Crippen LogP contribution is -2.20. The Kier molecular flexibility index (Phi) is 23.0. The number of allylic oxidation sites excluding steroid dienone is 6. The monoisotopic (exact) mass is 818 g/mol. The highest BCUT2D eigenvalue weighted by molar-refractivity contribution is 5.89. The third-order valence-corrected chi connectivity index (χ3v) is 10.9. The molecule has 326 valence electrons. The van der Waals surface area contributed by atoms with Crippen molar-refractivity contribution in [1.29, 1.82) is 0 Å². The zero-order valence-corrected chi connectivity index (χ0v) is 38.3. The van der Waals surface area contributed by atoms with Crippen molar-refractivity contribution in [2.24, 2.45) is 11.8 Å². The Morgan fingerprint density at radius 1 is 0.800 bits per heavy atom. The Balaban J connectivity index is 0.00000233. The smallest absolute Gasteiger partial charge is 0.331 e. The SMILES string of the molecule is C/C=C\C(CC/C=C/c1ccc2c(c1)Oc1cc(-c3ccc(OCC(CC)CCCC)cc3)ccc1N2C1=CC=C(C(=O)O)CC=C1)OCC(CC)CCCC.CC.CC. The minimum absolute atomic E-state index is 0.107. The molecular formula is C54H75NO5. The van der Waals surface area contributed by atoms with Gasteiger partial charge in [0.1, 0.15) is 5.75 Å². The Morgan fingerprint density at radius 3 is 2.07 bits per heavy atom. The van der Waals surface area contributed by atoms with Gasteiger partial charge < -0.3 is 24.2 Å². The Hall–Kier alpha value is -4.81. The fourth-order valence-electron chi connectivity index (χ4n) is 7.25. The number of anilines is 2. The summed E-state index contributed by atoms with van der Waals surface area (Å²) >= 11 is 0. The number of aliphatic carboxylic acids is 1. The van der Waals surface area contributed by atoms with Crippen LogP contribution in [0.5, 0.6) is 17.2 Å². The van der Waals surface area contributed by atoms with Gasteiger partial charge in [0, 0.05) is 11.3 Å². The molecule has 1 heterocycles. The molecule has 3 aromatic rings. The summed E-state index contributed by atoms with van der Waals surface area (Å²) in [6.07, 6.45) is 28.1. The second kappa shape index (κ2) is 27.9. The number of nitrogens with zero attached hydrogens (tertiary/aromatic N) is 1. The van der Waals surface area contributed by atoms with Crippen LogP contribution in [0, 0.1) is 11.8 Å². The van der Waals surface area contributed by atoms with Crippen molar-refractivity contribution in [3.63, 3.8) is 0 Å². The van der Waals surface area contributed by atoms with Crippen LogP contribution < -0.4 is 14.4 Å². The lowest BCUT2D eigenvalue weighted by atomic mass is 10.0. The summed E-state index contributed by atoms with van der Waals surface area (Å²) in [6.45, 7) is 20.6. The Labute approximate surface area is 363 Å². The number of unbranched alkanes of at least 4 members (excludes halogenated alkanes) is 2. The van der Waals surface area contributed by atoms with Crippen LogP contribution in [0.15, 0.2) is 114 Å². The first kappa shape index (κ1) is 49.6. The number of rotatable bonds is 22. The van der Waals surface area contributed by atoms with Crippen molar-refractivity contribution in [3.8, 4) is 28.4 Å². The van der Waals surface area contributed by atoms with Crippen LogP contribution in [0.1, 0.15) is 139 Å². The van der Waals surface area contributed by atoms with Gasteiger partial charge in [0.05, 0.1) is 30.7 Å². The molecule has 1 aliphatic carbocycles. The molecule has 6 nitrogen and oxygen atoms in total. The van der Waals surface area contributed by atoms with Gasteiger partial charge in [-0.05, 0) is 122 Å². The van der Waals surface area contributed by atoms with Crippen LogP contribution in [-0.2, 0) is 9.53 Å². The standard InChI is InChI=1S/C50H63NO5.2C2H6/c1-6-11-17-37(9-4)35-54-44(16-8-3)22-14-13-19-39-23-31-46-48(33-39)56-49-34-42(40-25-29-45(30-26-40)55-36-38(10-5)18-12-7-2)27-32-47(49)51(46)43-21-15-20-41(24-28-43)50(52)53;2*1-2/h8,13,15-16,19,21,23-34,37-38,44H,6-7,9-12,14,17-18,20,22,35-36H2,1-5H3,(H,52,53);2*1-2H3/b16-8-,19-13+;;. The van der Waals surface area contributed by atoms with E-state index in [2.05, 4.69) is 124 Å². The van der Waals surface area contributed by atoms with E-state index >= 15 is 0 Å². The fraction of sp³-hybridized carbons (Fsp3) is 0.463. The number of benzene rings is 3. The number of carboxylic acid groups (broad SMARTS) is 1. The molecule has 1 N–H and O–H groups in total. The topological polar surface area (TPSA) is 68.2 Å². The maximum atomic E-state index is 11.8. The zero-order valence-electron chi connectivity index (χ0n) is 38.3. The molecule has 6 heteroatoms. The van der Waals surface area contributed by atoms with Crippen molar-refractivity contribution in [2.45, 2.75) is 139 Å². The maximum Gasteiger partial charge on any atom is 0.331 e. The first-order valence-corrected chi connectivity index (χ1v) is 23.1. The molecule has 0 aromatic heterocycles. The van der Waals surface area contributed by atoms with Gasteiger partial charge >= 0.3 is 5.97 Å². The van der Waals surface area contributed by atoms with Crippen LogP contribution in [-0.4, -0.2) is 30.4 Å². The van der Waals surface area contributed by atoms with Crippen LogP contribution in [0.3, 0.4) is 0 Å². The highest BCUT2D eigenvalue weighted by Gasteiger charge is 2.27. The first-order chi connectivity index (χ1) is 29.4. The number of carbonyl (C=O) groups is 1. The molecule has 3 unspecified atom stereocenters. The number of carboxylic acids is 1. The second-order valence-corrected chi connectivity index (χ2v) is 15.1. The molecule has 1 aliphatic heterocycles. The molecular weight excluding hydrogens is 743 g/mol. The van der Waals surface area contributed by atoms with Crippen LogP contribution in [0.4, 0.5) is 11.4 Å². The highest BCUT2D eigenvalue weighted by Crippen LogP contribution is 2.50. The average Bonchev–Trinajstić information content (AvgIpc) is 3.55. The Bertz CT molecular complexity index is 1870. The Morgan fingerprint density at radius 2 is 1.43 bits per heavy atom. The van der Waals surface area contributed by atoms with E-state index in [0.29, 0.717) is 23.8 Å². The normalized spacial score (nSPS) is 14.6. The number of fused-ring (bicyclic) bond motifs is 2. The van der Waals surface area contributed by atoms with Crippen LogP contribution in [0.2, 0.25) is 0 Å². The highest BCUT2D eigenvalue weighted by atomic mass is 16.5. The molecule has 2 aliphatic rings. The molecule has 3 aromatic carbocycles. The maximum absolute atomic E-state index is 11.8. The predicted octanol–water partition coefficient (Wildman–Crippen LogP) is 16.1. The molecule has 0 saturated carbocycles. The van der Waals surface area contributed by atoms with E-state index in [1.165, 1.54) is 38.5 Å². The minimum Gasteiger partial charge on any atom is -0.493 e. The van der Waals surface area contributed by atoms with E-state index < -0.39 is 5.97 Å². The summed E-state index contributed by atoms with van der Waals surface area (Å²) in [7, 11) is 0. The van der Waals surface area contributed by atoms with Gasteiger partial charge in [0.2, 0.25) is 0 Å². The third kappa shape index (κ3) is 15.0. The average molecular weight is 818 g/mol. The van der Waals surface area contributed by atoms with Gasteiger partial charge in [-0.1, -0.05) is 149 Å². The van der Waals surface area contributed by atoms with Gasteiger partial charge in [-0.15, -0.1) is 0 Å². The summed E-state index contributed by atoms with van der Waals surface area (Å²) in [4.78, 5) is 14.0. The molecule has 5 rings (SSSR count). The molecule has 60 heavy (non-hydrogen) atoms. The number of hydrogen-bond donors (Lipinski definition) is 1. The van der Waals surface area contributed by atoms with Gasteiger partial charge in [0.25, 0.3) is 0 Å². The summed E-state index contributed by atoms with van der Waals surface area (Å²) in [5.41, 5.74) is 6.16. The first-order valence-electron chi connectivity index (χ1n) is 23.1. The second-order valence-electron chi connectivity index (χ2n) is 15.1. The van der Waals surface area contributed by atoms with Crippen LogP contribution in [0.25, 0.3) is 17.2 Å². The quantitative estimate of drug-likeness (QED) is 0.102. The van der Waals surface area contributed by atoms with E-state index in [4.69, 9.17) is 14.2 Å². The molecule has 0 spiro atoms. The summed E-state index contributed by atoms with van der Waals surface area (Å²) in [5, 5.41) is 9.70.